The quantitative estimate of drug-likeness (QED) is 0.0451. The van der Waals surface area contributed by atoms with Crippen LogP contribution in [0.3, 0.4) is 0 Å². The minimum absolute atomic E-state index is 0.0283. The number of hydrogen-bond acceptors (Lipinski definition) is 11. The number of esters is 1. The molecule has 3 rings (SSSR count). The van der Waals surface area contributed by atoms with Crippen LogP contribution < -0.4 is 0 Å². The van der Waals surface area contributed by atoms with Crippen LogP contribution in [0.4, 0.5) is 0 Å². The van der Waals surface area contributed by atoms with E-state index in [1.165, 1.54) is 5.57 Å². The zero-order chi connectivity index (χ0) is 57.8. The van der Waals surface area contributed by atoms with Crippen molar-refractivity contribution in [1.29, 1.82) is 0 Å². The highest BCUT2D eigenvalue weighted by atomic mass is 28.4. The number of benzene rings is 1. The van der Waals surface area contributed by atoms with Gasteiger partial charge in [0, 0.05) is 44.8 Å². The van der Waals surface area contributed by atoms with E-state index in [1.54, 1.807) is 26.4 Å². The minimum atomic E-state index is -2.36. The first-order chi connectivity index (χ1) is 34.9. The fourth-order valence-electron chi connectivity index (χ4n) is 9.99. The molecule has 0 unspecified atom stereocenters. The van der Waals surface area contributed by atoms with Gasteiger partial charge in [-0.1, -0.05) is 132 Å². The molecule has 1 aromatic carbocycles. The number of carbonyl (C=O) groups is 1. The molecule has 0 saturated carbocycles. The summed E-state index contributed by atoms with van der Waals surface area (Å²) in [6.45, 7) is 47.4. The monoisotopic (exact) mass is 1120 g/mol. The van der Waals surface area contributed by atoms with Crippen molar-refractivity contribution in [2.45, 2.75) is 283 Å². The molecule has 0 aliphatic carbocycles. The van der Waals surface area contributed by atoms with Crippen LogP contribution in [0.5, 0.6) is 0 Å². The Morgan fingerprint density at radius 2 is 1.33 bits per heavy atom. The lowest BCUT2D eigenvalue weighted by molar-refractivity contribution is -0.105. The number of rotatable bonds is 29. The van der Waals surface area contributed by atoms with E-state index < -0.39 is 55.2 Å². The lowest BCUT2D eigenvalue weighted by Gasteiger charge is -2.45. The molecule has 0 bridgehead atoms. The second-order valence-corrected chi connectivity index (χ2v) is 42.3. The van der Waals surface area contributed by atoms with E-state index in [4.69, 9.17) is 37.0 Å². The largest absolute Gasteiger partial charge is 0.458 e. The van der Waals surface area contributed by atoms with E-state index in [0.29, 0.717) is 18.6 Å². The summed E-state index contributed by atoms with van der Waals surface area (Å²) in [6, 6.07) is 9.05. The molecule has 440 valence electrons. The van der Waals surface area contributed by atoms with Gasteiger partial charge in [-0.2, -0.15) is 0 Å². The van der Waals surface area contributed by atoms with E-state index >= 15 is 0 Å². The summed E-state index contributed by atoms with van der Waals surface area (Å²) in [7, 11) is -2.89. The molecule has 1 fully saturated rings. The Morgan fingerprint density at radius 3 is 1.89 bits per heavy atom. The number of ether oxygens (including phenoxy) is 5. The molecule has 2 aliphatic heterocycles. The topological polar surface area (TPSA) is 131 Å². The molecule has 0 aromatic heterocycles. The Hall–Kier alpha value is -1.54. The second-order valence-electron chi connectivity index (χ2n) is 28.0. The number of carbonyl (C=O) groups excluding carboxylic acids is 1. The van der Waals surface area contributed by atoms with Gasteiger partial charge in [-0.3, -0.25) is 0 Å². The van der Waals surface area contributed by atoms with Gasteiger partial charge >= 0.3 is 5.97 Å². The van der Waals surface area contributed by atoms with Crippen molar-refractivity contribution in [1.82, 2.24) is 0 Å². The standard InChI is InChI=1S/C62H114O11Si3/c1-42(41-68-74(18,19)60(7,8)9)32-34-52(72-75(20,21)61(10,11)12)37-49-30-27-31-50(70-49)39-56(67-17)45(4)54(63)40-55(64)46(5)58(71-59(65)48-28-25-24-26-29-48)47(6)57(73-76(22,23)62(13,14)15)43(2)33-35-51-38-53(66-16)36-44(3)69-51/h24-30,32,43-47,49-58,63-64H,31,33-41H2,1-23H3/b42-32+/t43-,44-,45-,46-,47-,49-,50-,51-,52-,53+,54-,55+,56-,57-,58-/m0/s1. The molecule has 2 aliphatic rings. The molecule has 0 amide bonds. The van der Waals surface area contributed by atoms with Gasteiger partial charge in [0.15, 0.2) is 25.0 Å². The molecular weight excluding hydrogens is 1000 g/mol. The molecule has 0 radical (unpaired) electrons. The Morgan fingerprint density at radius 1 is 0.750 bits per heavy atom. The van der Waals surface area contributed by atoms with Crippen molar-refractivity contribution in [3.8, 4) is 0 Å². The first kappa shape index (κ1) is 68.7. The Bertz CT molecular complexity index is 1920. The van der Waals surface area contributed by atoms with E-state index in [1.807, 2.05) is 32.0 Å². The summed E-state index contributed by atoms with van der Waals surface area (Å²) in [5, 5.41) is 24.4. The maximum absolute atomic E-state index is 14.1. The summed E-state index contributed by atoms with van der Waals surface area (Å²) in [6.07, 6.45) is 9.84. The molecule has 14 heteroatoms. The number of methoxy groups -OCH3 is 2. The summed E-state index contributed by atoms with van der Waals surface area (Å²) in [4.78, 5) is 14.1. The first-order valence-corrected chi connectivity index (χ1v) is 38.0. The molecular formula is C62H114O11Si3. The van der Waals surface area contributed by atoms with E-state index in [9.17, 15) is 15.0 Å². The van der Waals surface area contributed by atoms with Gasteiger partial charge in [-0.15, -0.1) is 0 Å². The highest BCUT2D eigenvalue weighted by Crippen LogP contribution is 2.43. The lowest BCUT2D eigenvalue weighted by atomic mass is 9.78. The Balaban J connectivity index is 1.83. The lowest BCUT2D eigenvalue weighted by Crippen LogP contribution is -2.52. The number of hydrogen-bond donors (Lipinski definition) is 2. The average Bonchev–Trinajstić information content (AvgIpc) is 3.32. The fraction of sp³-hybridized carbons (Fsp3) is 0.823. The highest BCUT2D eigenvalue weighted by Gasteiger charge is 2.46. The van der Waals surface area contributed by atoms with Crippen LogP contribution in [0.1, 0.15) is 172 Å². The van der Waals surface area contributed by atoms with Crippen LogP contribution in [0, 0.1) is 23.7 Å². The summed E-state index contributed by atoms with van der Waals surface area (Å²) >= 11 is 0. The van der Waals surface area contributed by atoms with Crippen molar-refractivity contribution in [2.75, 3.05) is 20.8 Å². The maximum atomic E-state index is 14.1. The molecule has 15 atom stereocenters. The number of aliphatic hydroxyl groups is 2. The second kappa shape index (κ2) is 29.4. The van der Waals surface area contributed by atoms with Crippen LogP contribution in [-0.2, 0) is 37.0 Å². The van der Waals surface area contributed by atoms with Gasteiger partial charge < -0.3 is 47.2 Å². The van der Waals surface area contributed by atoms with Gasteiger partial charge in [-0.05, 0) is 131 Å². The zero-order valence-electron chi connectivity index (χ0n) is 52.4. The fourth-order valence-corrected chi connectivity index (χ4v) is 13.9. The SMILES string of the molecule is CO[C@H]1C[C@H](CC[C@H](C)[C@H](O[Si](C)(C)C(C)(C)C)[C@H](C)[C@@H](OC(=O)c2ccccc2)[C@@H](C)[C@H](O)C[C@H](O)[C@H](C)[C@H](C[C@@H]2CC=C[C@@H](C[C@H](C/C=C(\C)CO[Si](C)(C)C(C)(C)C)O[Si](C)(C)C(C)(C)C)O2)OC)O[C@@H](C)C1. The maximum Gasteiger partial charge on any atom is 0.338 e. The van der Waals surface area contributed by atoms with E-state index in [2.05, 4.69) is 148 Å². The van der Waals surface area contributed by atoms with Crippen molar-refractivity contribution in [3.05, 3.63) is 59.7 Å². The van der Waals surface area contributed by atoms with Crippen molar-refractivity contribution >= 4 is 30.9 Å². The predicted octanol–water partition coefficient (Wildman–Crippen LogP) is 14.9. The van der Waals surface area contributed by atoms with Crippen LogP contribution in [0.15, 0.2) is 54.1 Å². The summed E-state index contributed by atoms with van der Waals surface area (Å²) in [5.74, 6) is -1.57. The van der Waals surface area contributed by atoms with Gasteiger partial charge in [0.2, 0.25) is 0 Å². The van der Waals surface area contributed by atoms with Crippen molar-refractivity contribution in [2.24, 2.45) is 23.7 Å². The van der Waals surface area contributed by atoms with Crippen LogP contribution >= 0.6 is 0 Å². The van der Waals surface area contributed by atoms with Gasteiger partial charge in [0.25, 0.3) is 0 Å². The molecule has 76 heavy (non-hydrogen) atoms. The first-order valence-electron chi connectivity index (χ1n) is 29.2. The Kier molecular flexibility index (Phi) is 26.6. The Labute approximate surface area is 468 Å². The third kappa shape index (κ3) is 20.8. The summed E-state index contributed by atoms with van der Waals surface area (Å²) in [5.41, 5.74) is 1.67. The van der Waals surface area contributed by atoms with E-state index in [0.717, 1.165) is 44.9 Å². The molecule has 1 aromatic rings. The summed E-state index contributed by atoms with van der Waals surface area (Å²) < 4.78 is 52.9. The molecule has 1 saturated heterocycles. The van der Waals surface area contributed by atoms with Crippen LogP contribution in [0.2, 0.25) is 54.4 Å². The van der Waals surface area contributed by atoms with Gasteiger partial charge in [-0.25, -0.2) is 4.79 Å². The third-order valence-corrected chi connectivity index (χ3v) is 32.1. The smallest absolute Gasteiger partial charge is 0.338 e. The van der Waals surface area contributed by atoms with Gasteiger partial charge in [0.05, 0.1) is 73.2 Å². The normalized spacial score (nSPS) is 24.7. The predicted molar refractivity (Wildman–Crippen MR) is 321 cm³/mol. The van der Waals surface area contributed by atoms with Gasteiger partial charge in [0.1, 0.15) is 6.10 Å². The molecule has 2 heterocycles. The van der Waals surface area contributed by atoms with E-state index in [-0.39, 0.29) is 88.1 Å². The third-order valence-electron chi connectivity index (χ3n) is 18.6. The zero-order valence-corrected chi connectivity index (χ0v) is 55.4. The van der Waals surface area contributed by atoms with Crippen molar-refractivity contribution in [3.63, 3.8) is 0 Å². The highest BCUT2D eigenvalue weighted by molar-refractivity contribution is 6.75. The minimum Gasteiger partial charge on any atom is -0.458 e. The molecule has 2 N–H and O–H groups in total. The van der Waals surface area contributed by atoms with Crippen LogP contribution in [-0.4, -0.2) is 129 Å². The number of aliphatic hydroxyl groups excluding tert-OH is 2. The van der Waals surface area contributed by atoms with Crippen LogP contribution in [0.25, 0.3) is 0 Å². The molecule has 0 spiro atoms. The average molecular weight is 1120 g/mol. The molecule has 11 nitrogen and oxygen atoms in total. The van der Waals surface area contributed by atoms with Crippen molar-refractivity contribution < 1.29 is 52.0 Å².